The fraction of sp³-hybridized carbons (Fsp3) is 0.200. The number of amides is 2. The molecule has 146 valence electrons. The summed E-state index contributed by atoms with van der Waals surface area (Å²) in [4.78, 5) is 16.5. The van der Waals surface area contributed by atoms with E-state index in [4.69, 9.17) is 25.5 Å². The molecule has 1 aromatic heterocycles. The van der Waals surface area contributed by atoms with Crippen molar-refractivity contribution in [2.45, 2.75) is 6.42 Å². The monoisotopic (exact) mass is 401 g/mol. The van der Waals surface area contributed by atoms with Crippen molar-refractivity contribution >= 4 is 23.3 Å². The molecule has 0 fully saturated rings. The minimum atomic E-state index is -0.362. The molecule has 0 aliphatic carbocycles. The normalized spacial score (nSPS) is 10.4. The van der Waals surface area contributed by atoms with Crippen molar-refractivity contribution in [3.63, 3.8) is 0 Å². The van der Waals surface area contributed by atoms with Gasteiger partial charge < -0.3 is 24.5 Å². The van der Waals surface area contributed by atoms with Gasteiger partial charge in [0.05, 0.1) is 25.6 Å². The maximum Gasteiger partial charge on any atom is 0.319 e. The first-order valence-corrected chi connectivity index (χ1v) is 8.94. The van der Waals surface area contributed by atoms with E-state index in [1.165, 1.54) is 7.11 Å². The number of hydrogen-bond acceptors (Lipinski definition) is 5. The van der Waals surface area contributed by atoms with Crippen LogP contribution in [0.3, 0.4) is 0 Å². The van der Waals surface area contributed by atoms with Gasteiger partial charge in [-0.05, 0) is 42.5 Å². The molecule has 2 aromatic carbocycles. The van der Waals surface area contributed by atoms with E-state index >= 15 is 0 Å². The maximum absolute atomic E-state index is 12.1. The smallest absolute Gasteiger partial charge is 0.319 e. The number of hydrogen-bond donors (Lipinski definition) is 2. The van der Waals surface area contributed by atoms with E-state index in [1.807, 2.05) is 24.3 Å². The average molecular weight is 402 g/mol. The lowest BCUT2D eigenvalue weighted by atomic mass is 10.2. The summed E-state index contributed by atoms with van der Waals surface area (Å²) in [6.07, 6.45) is 2.11. The largest absolute Gasteiger partial charge is 0.497 e. The molecule has 2 amide bonds. The number of urea groups is 1. The molecule has 2 N–H and O–H groups in total. The Bertz CT molecular complexity index is 941. The van der Waals surface area contributed by atoms with Gasteiger partial charge in [0.15, 0.2) is 0 Å². The number of ether oxygens (including phenoxy) is 2. The van der Waals surface area contributed by atoms with Gasteiger partial charge in [-0.2, -0.15) is 0 Å². The van der Waals surface area contributed by atoms with Crippen LogP contribution in [0.5, 0.6) is 11.5 Å². The van der Waals surface area contributed by atoms with Crippen molar-refractivity contribution in [2.24, 2.45) is 0 Å². The molecule has 7 nitrogen and oxygen atoms in total. The van der Waals surface area contributed by atoms with Crippen LogP contribution in [0.2, 0.25) is 5.02 Å². The zero-order valence-corrected chi connectivity index (χ0v) is 16.2. The number of aromatic nitrogens is 1. The second kappa shape index (κ2) is 9.14. The lowest BCUT2D eigenvalue weighted by molar-refractivity contribution is 0.252. The summed E-state index contributed by atoms with van der Waals surface area (Å²) >= 11 is 5.96. The number of anilines is 1. The summed E-state index contributed by atoms with van der Waals surface area (Å²) in [5.41, 5.74) is 2.09. The predicted molar refractivity (Wildman–Crippen MR) is 107 cm³/mol. The third-order valence-corrected chi connectivity index (χ3v) is 4.20. The number of methoxy groups -OCH3 is 2. The zero-order valence-electron chi connectivity index (χ0n) is 15.5. The van der Waals surface area contributed by atoms with Gasteiger partial charge in [-0.3, -0.25) is 0 Å². The van der Waals surface area contributed by atoms with E-state index in [0.717, 1.165) is 17.0 Å². The molecule has 0 atom stereocenters. The molecule has 0 bridgehead atoms. The number of nitrogens with one attached hydrogen (secondary N) is 2. The molecule has 0 saturated carbocycles. The Labute approximate surface area is 167 Å². The Kier molecular flexibility index (Phi) is 6.39. The molecule has 3 aromatic rings. The van der Waals surface area contributed by atoms with Gasteiger partial charge in [0.25, 0.3) is 0 Å². The first-order valence-electron chi connectivity index (χ1n) is 8.56. The molecule has 1 heterocycles. The van der Waals surface area contributed by atoms with Crippen molar-refractivity contribution in [3.8, 4) is 23.0 Å². The number of halogens is 1. The SMILES string of the molecule is COc1ccc(-c2nc(CCNC(=O)Nc3cc(Cl)ccc3OC)co2)cc1. The minimum Gasteiger partial charge on any atom is -0.497 e. The summed E-state index contributed by atoms with van der Waals surface area (Å²) in [7, 11) is 3.14. The van der Waals surface area contributed by atoms with Crippen LogP contribution in [-0.4, -0.2) is 31.8 Å². The average Bonchev–Trinajstić information content (AvgIpc) is 3.17. The molecule has 28 heavy (non-hydrogen) atoms. The van der Waals surface area contributed by atoms with Gasteiger partial charge in [0, 0.05) is 23.6 Å². The lowest BCUT2D eigenvalue weighted by Crippen LogP contribution is -2.30. The van der Waals surface area contributed by atoms with Crippen LogP contribution in [0.15, 0.2) is 53.1 Å². The van der Waals surface area contributed by atoms with Crippen molar-refractivity contribution in [1.82, 2.24) is 10.3 Å². The van der Waals surface area contributed by atoms with E-state index < -0.39 is 0 Å². The summed E-state index contributed by atoms with van der Waals surface area (Å²) < 4.78 is 15.8. The fourth-order valence-corrected chi connectivity index (χ4v) is 2.71. The second-order valence-corrected chi connectivity index (χ2v) is 6.28. The molecule has 3 rings (SSSR count). The fourth-order valence-electron chi connectivity index (χ4n) is 2.54. The summed E-state index contributed by atoms with van der Waals surface area (Å²) in [6.45, 7) is 0.392. The molecule has 0 saturated heterocycles. The summed E-state index contributed by atoms with van der Waals surface area (Å²) in [5.74, 6) is 1.81. The van der Waals surface area contributed by atoms with Crippen molar-refractivity contribution < 1.29 is 18.7 Å². The Balaban J connectivity index is 1.52. The highest BCUT2D eigenvalue weighted by molar-refractivity contribution is 6.31. The molecule has 0 radical (unpaired) electrons. The second-order valence-electron chi connectivity index (χ2n) is 5.85. The molecule has 0 aliphatic rings. The van der Waals surface area contributed by atoms with E-state index in [2.05, 4.69) is 15.6 Å². The van der Waals surface area contributed by atoms with Gasteiger partial charge in [-0.1, -0.05) is 11.6 Å². The van der Waals surface area contributed by atoms with Crippen LogP contribution in [0.1, 0.15) is 5.69 Å². The molecular formula is C20H20ClN3O4. The highest BCUT2D eigenvalue weighted by Gasteiger charge is 2.10. The standard InChI is InChI=1S/C20H20ClN3O4/c1-26-16-6-3-13(4-7-16)19-23-15(12-28-19)9-10-22-20(25)24-17-11-14(21)5-8-18(17)27-2/h3-8,11-12H,9-10H2,1-2H3,(H2,22,24,25). The van der Waals surface area contributed by atoms with Crippen LogP contribution in [0.4, 0.5) is 10.5 Å². The van der Waals surface area contributed by atoms with Gasteiger partial charge in [-0.25, -0.2) is 9.78 Å². The third-order valence-electron chi connectivity index (χ3n) is 3.97. The number of carbonyl (C=O) groups is 1. The van der Waals surface area contributed by atoms with Gasteiger partial charge in [0.2, 0.25) is 5.89 Å². The predicted octanol–water partition coefficient (Wildman–Crippen LogP) is 4.38. The van der Waals surface area contributed by atoms with Crippen LogP contribution >= 0.6 is 11.6 Å². The zero-order chi connectivity index (χ0) is 19.9. The van der Waals surface area contributed by atoms with Crippen LogP contribution in [-0.2, 0) is 6.42 Å². The van der Waals surface area contributed by atoms with E-state index in [-0.39, 0.29) is 6.03 Å². The van der Waals surface area contributed by atoms with Crippen molar-refractivity contribution in [3.05, 3.63) is 59.4 Å². The number of nitrogens with zero attached hydrogens (tertiary/aromatic N) is 1. The van der Waals surface area contributed by atoms with Crippen molar-refractivity contribution in [1.29, 1.82) is 0 Å². The van der Waals surface area contributed by atoms with E-state index in [1.54, 1.807) is 31.6 Å². The highest BCUT2D eigenvalue weighted by Crippen LogP contribution is 2.27. The van der Waals surface area contributed by atoms with Crippen LogP contribution in [0.25, 0.3) is 11.5 Å². The number of benzene rings is 2. The highest BCUT2D eigenvalue weighted by atomic mass is 35.5. The molecule has 0 unspecified atom stereocenters. The Morgan fingerprint density at radius 2 is 1.93 bits per heavy atom. The molecular weight excluding hydrogens is 382 g/mol. The van der Waals surface area contributed by atoms with Gasteiger partial charge >= 0.3 is 6.03 Å². The Morgan fingerprint density at radius 1 is 1.14 bits per heavy atom. The minimum absolute atomic E-state index is 0.362. The van der Waals surface area contributed by atoms with Crippen LogP contribution < -0.4 is 20.1 Å². The van der Waals surface area contributed by atoms with E-state index in [9.17, 15) is 4.79 Å². The van der Waals surface area contributed by atoms with Gasteiger partial charge in [0.1, 0.15) is 17.8 Å². The summed E-state index contributed by atoms with van der Waals surface area (Å²) in [6, 6.07) is 12.1. The maximum atomic E-state index is 12.1. The number of rotatable bonds is 7. The Morgan fingerprint density at radius 3 is 2.64 bits per heavy atom. The Hall–Kier alpha value is -3.19. The number of oxazole rings is 1. The van der Waals surface area contributed by atoms with E-state index in [0.29, 0.717) is 35.3 Å². The first-order chi connectivity index (χ1) is 13.6. The van der Waals surface area contributed by atoms with Crippen molar-refractivity contribution in [2.75, 3.05) is 26.1 Å². The molecule has 8 heteroatoms. The first kappa shape index (κ1) is 19.6. The molecule has 0 aliphatic heterocycles. The number of carbonyl (C=O) groups excluding carboxylic acids is 1. The van der Waals surface area contributed by atoms with Gasteiger partial charge in [-0.15, -0.1) is 0 Å². The van der Waals surface area contributed by atoms with Crippen LogP contribution in [0, 0.1) is 0 Å². The lowest BCUT2D eigenvalue weighted by Gasteiger charge is -2.11. The molecule has 0 spiro atoms. The summed E-state index contributed by atoms with van der Waals surface area (Å²) in [5, 5.41) is 5.99. The third kappa shape index (κ3) is 4.95. The topological polar surface area (TPSA) is 85.6 Å². The quantitative estimate of drug-likeness (QED) is 0.613.